The molecule has 6 heteroatoms. The first-order valence-corrected chi connectivity index (χ1v) is 41.9. The van der Waals surface area contributed by atoms with Crippen LogP contribution in [0.3, 0.4) is 0 Å². The van der Waals surface area contributed by atoms with Crippen molar-refractivity contribution in [3.05, 3.63) is 53.6 Å². The van der Waals surface area contributed by atoms with E-state index >= 15 is 0 Å². The Morgan fingerprint density at radius 1 is 1.00 bits per heavy atom. The second-order valence-corrected chi connectivity index (χ2v) is 120. The van der Waals surface area contributed by atoms with Gasteiger partial charge in [-0.2, -0.15) is 0 Å². The maximum atomic E-state index is 13.3. The molecule has 4 rings (SSSR count). The zero-order chi connectivity index (χ0) is 20.3. The molecule has 0 atom stereocenters. The Labute approximate surface area is 172 Å². The first kappa shape index (κ1) is 20.8. The van der Waals surface area contributed by atoms with Crippen molar-refractivity contribution in [2.75, 3.05) is 0 Å². The molecule has 0 heterocycles. The molecule has 2 aromatic carbocycles. The van der Waals surface area contributed by atoms with Gasteiger partial charge in [0.2, 0.25) is 0 Å². The average molecular weight is 602 g/mol. The first-order chi connectivity index (χ1) is 12.8. The molecule has 0 saturated heterocycles. The summed E-state index contributed by atoms with van der Waals surface area (Å²) in [6.07, 6.45) is 6.14. The monoisotopic (exact) mass is 602 g/mol. The Hall–Kier alpha value is -0.423. The Morgan fingerprint density at radius 3 is 2.36 bits per heavy atom. The molecule has 2 aliphatic carbocycles. The van der Waals surface area contributed by atoms with Crippen LogP contribution in [-0.4, -0.2) is 13.3 Å². The van der Waals surface area contributed by atoms with Gasteiger partial charge in [0.05, 0.1) is 0 Å². The van der Waals surface area contributed by atoms with Crippen LogP contribution in [0.25, 0.3) is 11.1 Å². The van der Waals surface area contributed by atoms with Crippen LogP contribution < -0.4 is 6.62 Å². The van der Waals surface area contributed by atoms with Crippen LogP contribution in [0, 0.1) is 5.92 Å². The van der Waals surface area contributed by atoms with Crippen LogP contribution in [0.2, 0.25) is 9.36 Å². The Balaban J connectivity index is 1.83. The van der Waals surface area contributed by atoms with Gasteiger partial charge in [-0.25, -0.2) is 0 Å². The van der Waals surface area contributed by atoms with E-state index in [-0.39, 0.29) is 11.8 Å². The van der Waals surface area contributed by atoms with Crippen molar-refractivity contribution in [3.63, 3.8) is 0 Å². The molecule has 151 valence electrons. The molecule has 1 N–H and O–H groups in total. The number of amides is 1. The predicted octanol–water partition coefficient (Wildman–Crippen LogP) is 4.94. The van der Waals surface area contributed by atoms with Crippen molar-refractivity contribution in [2.24, 2.45) is 5.92 Å². The zero-order valence-corrected chi connectivity index (χ0v) is 24.1. The van der Waals surface area contributed by atoms with Crippen LogP contribution in [-0.2, 0) is 23.9 Å². The molecule has 2 aromatic rings. The van der Waals surface area contributed by atoms with Crippen LogP contribution >= 0.6 is 17.2 Å². The summed E-state index contributed by atoms with van der Waals surface area (Å²) in [6.45, 7) is 0. The Kier molecular flexibility index (Phi) is 4.19. The van der Waals surface area contributed by atoms with Crippen LogP contribution in [0.5, 0.6) is 0 Å². The van der Waals surface area contributed by atoms with Gasteiger partial charge in [-0.05, 0) is 0 Å². The molecule has 0 bridgehead atoms. The number of carbonyl (C=O) groups is 1. The normalized spacial score (nSPS) is 20.9. The van der Waals surface area contributed by atoms with Crippen molar-refractivity contribution in [2.45, 2.75) is 47.9 Å². The van der Waals surface area contributed by atoms with Gasteiger partial charge in [-0.1, -0.05) is 0 Å². The van der Waals surface area contributed by atoms with Gasteiger partial charge in [0.15, 0.2) is 0 Å². The summed E-state index contributed by atoms with van der Waals surface area (Å²) < 4.78 is 8.37. The van der Waals surface area contributed by atoms with E-state index in [2.05, 4.69) is 39.7 Å². The van der Waals surface area contributed by atoms with Crippen molar-refractivity contribution in [3.8, 4) is 11.1 Å². The van der Waals surface area contributed by atoms with Crippen molar-refractivity contribution in [1.82, 2.24) is 3.30 Å². The van der Waals surface area contributed by atoms with E-state index in [4.69, 9.17) is 17.2 Å². The summed E-state index contributed by atoms with van der Waals surface area (Å²) in [5, 5.41) is 0. The molecule has 1 saturated carbocycles. The van der Waals surface area contributed by atoms with E-state index in [0.29, 0.717) is 7.43 Å². The minimum absolute atomic E-state index is 0.0348. The number of halogens is 2. The van der Waals surface area contributed by atoms with Gasteiger partial charge in [0, 0.05) is 0 Å². The van der Waals surface area contributed by atoms with Crippen LogP contribution in [0.1, 0.15) is 43.2 Å². The fourth-order valence-electron chi connectivity index (χ4n) is 5.21. The van der Waals surface area contributed by atoms with Crippen molar-refractivity contribution in [1.29, 1.82) is 0 Å². The molecule has 0 spiro atoms. The molecule has 0 aliphatic heterocycles. The van der Waals surface area contributed by atoms with Gasteiger partial charge in [0.1, 0.15) is 0 Å². The van der Waals surface area contributed by atoms with Crippen LogP contribution in [0.4, 0.5) is 0 Å². The predicted molar refractivity (Wildman–Crippen MR) is 122 cm³/mol. The first-order valence-electron chi connectivity index (χ1n) is 10.5. The van der Waals surface area contributed by atoms with E-state index in [1.807, 2.05) is 15.4 Å². The minimum atomic E-state index is -5.76. The topological polar surface area (TPSA) is 29.1 Å². The summed E-state index contributed by atoms with van der Waals surface area (Å²) in [6, 6.07) is 14.8. The third-order valence-electron chi connectivity index (χ3n) is 6.63. The molecular weight excluding hydrogens is 572 g/mol. The number of hydrogen-bond donors (Lipinski definition) is 1. The fraction of sp³-hybridized carbons (Fsp3) is 0.409. The number of fused-ring (bicyclic) bond motifs is 3. The fourth-order valence-corrected chi connectivity index (χ4v) is 28.8. The standard InChI is InChI=1S/C13H9.C7H13NO.2CH3.2ClH.Hf.H3Si/c1-3-7-12-10(5-1)9-11-6-2-4-8-13(11)12;8-7(9)6-4-2-1-3-5-6;;;;;;/h1-5,7-8H,9H2;6H,1-5H2,(H2,8,9);2*1H3;2*1H;;1H3/q;;;;;;+3;/p-3. The van der Waals surface area contributed by atoms with E-state index in [1.54, 1.807) is 0 Å². The van der Waals surface area contributed by atoms with Crippen LogP contribution in [0.15, 0.2) is 42.5 Å². The molecule has 1 fully saturated rings. The van der Waals surface area contributed by atoms with E-state index in [9.17, 15) is 4.79 Å². The van der Waals surface area contributed by atoms with Gasteiger partial charge in [-0.3, -0.25) is 0 Å². The molecule has 0 radical (unpaired) electrons. The van der Waals surface area contributed by atoms with Gasteiger partial charge >= 0.3 is 173 Å². The third-order valence-corrected chi connectivity index (χ3v) is 32.6. The van der Waals surface area contributed by atoms with E-state index in [0.717, 1.165) is 35.4 Å². The summed E-state index contributed by atoms with van der Waals surface area (Å²) in [4.78, 5) is 13.3. The molecule has 0 aromatic heterocycles. The number of hydrogen-bond acceptors (Lipinski definition) is 1. The second-order valence-electron chi connectivity index (χ2n) is 11.2. The molecule has 2 aliphatic rings. The molecule has 2 nitrogen and oxygen atoms in total. The number of benzene rings is 2. The molecular formula is C22H30Cl2HfNOSi. The summed E-state index contributed by atoms with van der Waals surface area (Å²) in [7, 11) is 15.8. The maximum absolute atomic E-state index is 13.3. The van der Waals surface area contributed by atoms with E-state index in [1.165, 1.54) is 28.7 Å². The Morgan fingerprint density at radius 2 is 1.64 bits per heavy atom. The summed E-state index contributed by atoms with van der Waals surface area (Å²) >= 11 is -5.76. The number of rotatable bonds is 3. The number of nitrogens with one attached hydrogen (secondary N) is 1. The SMILES string of the molecule is [CH3][Hf]([CH3])([SiH3])([Cl])([Cl])([NH]C(=O)C1CCCCC1)[c]1cccc2c1Cc1ccccc1-2. The van der Waals surface area contributed by atoms with E-state index < -0.39 is 12.7 Å². The Bertz CT molecular complexity index is 1000. The number of carbonyl (C=O) groups excluding carboxylic acids is 1. The van der Waals surface area contributed by atoms with Gasteiger partial charge in [0.25, 0.3) is 0 Å². The second kappa shape index (κ2) is 5.63. The van der Waals surface area contributed by atoms with Crippen molar-refractivity contribution >= 4 is 33.8 Å². The summed E-state index contributed by atoms with van der Waals surface area (Å²) in [5.41, 5.74) is 4.96. The zero-order valence-electron chi connectivity index (χ0n) is 17.0. The quantitative estimate of drug-likeness (QED) is 0.424. The molecule has 1 amide bonds. The average Bonchev–Trinajstić information content (AvgIpc) is 2.99. The van der Waals surface area contributed by atoms with Gasteiger partial charge in [-0.15, -0.1) is 0 Å². The summed E-state index contributed by atoms with van der Waals surface area (Å²) in [5.74, 6) is 0.0932. The molecule has 28 heavy (non-hydrogen) atoms. The molecule has 0 unspecified atom stereocenters. The third kappa shape index (κ3) is 3.70. The van der Waals surface area contributed by atoms with Crippen molar-refractivity contribution < 1.29 is 17.4 Å². The van der Waals surface area contributed by atoms with Gasteiger partial charge < -0.3 is 0 Å².